The summed E-state index contributed by atoms with van der Waals surface area (Å²) in [5.74, 6) is -10.7. The van der Waals surface area contributed by atoms with Crippen LogP contribution in [0.3, 0.4) is 0 Å². The number of imide groups is 1. The van der Waals surface area contributed by atoms with Crippen LogP contribution in [-0.2, 0) is 75.1 Å². The van der Waals surface area contributed by atoms with Gasteiger partial charge in [0.1, 0.15) is 29.6 Å². The minimum absolute atomic E-state index is 0.0164. The molecule has 6 rings (SSSR count). The second-order valence-corrected chi connectivity index (χ2v) is 24.0. The van der Waals surface area contributed by atoms with E-state index in [0.717, 1.165) is 4.90 Å². The summed E-state index contributed by atoms with van der Waals surface area (Å²) in [6.45, 7) is 2.77. The van der Waals surface area contributed by atoms with Gasteiger partial charge in [0.05, 0.1) is 55.9 Å². The molecule has 2 fully saturated rings. The van der Waals surface area contributed by atoms with Gasteiger partial charge in [-0.3, -0.25) is 62.4 Å². The summed E-state index contributed by atoms with van der Waals surface area (Å²) < 4.78 is 21.7. The third-order valence-corrected chi connectivity index (χ3v) is 17.7. The lowest BCUT2D eigenvalue weighted by molar-refractivity contribution is -0.145. The number of benzene rings is 1. The van der Waals surface area contributed by atoms with Crippen molar-refractivity contribution in [3.8, 4) is 5.75 Å². The van der Waals surface area contributed by atoms with Crippen molar-refractivity contribution in [2.45, 2.75) is 176 Å². The van der Waals surface area contributed by atoms with Crippen LogP contribution >= 0.6 is 0 Å². The molecule has 1 aromatic carbocycles. The van der Waals surface area contributed by atoms with Gasteiger partial charge in [-0.1, -0.05) is 46.5 Å². The molecular formula is C56H82N12O17S. The second kappa shape index (κ2) is 31.4. The number of aromatic amines is 1. The fraction of sp³-hybridized carbons (Fsp3) is 0.643. The Hall–Kier alpha value is -7.25. The van der Waals surface area contributed by atoms with Crippen LogP contribution in [0.25, 0.3) is 10.9 Å². The van der Waals surface area contributed by atoms with E-state index in [1.807, 2.05) is 0 Å². The molecule has 15 N–H and O–H groups in total. The van der Waals surface area contributed by atoms with E-state index in [1.165, 1.54) is 30.0 Å². The Kier molecular flexibility index (Phi) is 24.8. The molecule has 5 heterocycles. The second-order valence-electron chi connectivity index (χ2n) is 22.6. The fourth-order valence-electron chi connectivity index (χ4n) is 11.0. The molecule has 1 aromatic heterocycles. The Balaban J connectivity index is 1.36. The number of carbonyl (C=O) groups excluding carboxylic acids is 12. The highest BCUT2D eigenvalue weighted by atomic mass is 32.2. The van der Waals surface area contributed by atoms with Crippen LogP contribution in [0.1, 0.15) is 116 Å². The van der Waals surface area contributed by atoms with E-state index in [0.29, 0.717) is 70.7 Å². The molecule has 2 aromatic rings. The number of aromatic nitrogens is 1. The Bertz CT molecular complexity index is 2820. The molecule has 30 heteroatoms. The quantitative estimate of drug-likeness (QED) is 0.0220. The van der Waals surface area contributed by atoms with Gasteiger partial charge < -0.3 is 83.2 Å². The van der Waals surface area contributed by atoms with Crippen molar-refractivity contribution in [2.24, 2.45) is 23.3 Å². The first kappa shape index (κ1) is 67.9. The van der Waals surface area contributed by atoms with Gasteiger partial charge in [-0.05, 0) is 56.6 Å². The number of fused-ring (bicyclic) bond motifs is 5. The van der Waals surface area contributed by atoms with Crippen LogP contribution in [0.4, 0.5) is 0 Å². The van der Waals surface area contributed by atoms with Crippen molar-refractivity contribution in [1.29, 1.82) is 0 Å². The number of likely N-dealkylation sites (tertiary alicyclic amines) is 1. The number of primary amides is 1. The molecule has 2 saturated heterocycles. The molecule has 86 heavy (non-hydrogen) atoms. The zero-order chi connectivity index (χ0) is 63.0. The maximum Gasteiger partial charge on any atom is 0.248 e. The number of aliphatic hydroxyl groups excluding tert-OH is 3. The number of amides is 11. The monoisotopic (exact) mass is 1230 g/mol. The number of nitrogens with one attached hydrogen (secondary N) is 8. The predicted molar refractivity (Wildman–Crippen MR) is 307 cm³/mol. The predicted octanol–water partition coefficient (Wildman–Crippen LogP) is -3.69. The summed E-state index contributed by atoms with van der Waals surface area (Å²) in [6, 6.07) is -4.95. The number of nitrogens with zero attached hydrogens (tertiary/aromatic N) is 2. The molecule has 4 aliphatic rings. The molecule has 12 atom stereocenters. The van der Waals surface area contributed by atoms with Crippen LogP contribution in [0.2, 0.25) is 0 Å². The van der Waals surface area contributed by atoms with Gasteiger partial charge in [-0.25, -0.2) is 0 Å². The van der Waals surface area contributed by atoms with Crippen molar-refractivity contribution in [2.75, 3.05) is 45.1 Å². The lowest BCUT2D eigenvalue weighted by Gasteiger charge is -2.40. The largest absolute Gasteiger partial charge is 0.610 e. The molecule has 0 saturated carbocycles. The molecule has 0 aliphatic carbocycles. The first-order chi connectivity index (χ1) is 40.9. The van der Waals surface area contributed by atoms with Gasteiger partial charge in [0, 0.05) is 79.4 Å². The summed E-state index contributed by atoms with van der Waals surface area (Å²) in [4.78, 5) is 167. The number of rotatable bonds is 23. The van der Waals surface area contributed by atoms with E-state index in [9.17, 15) is 72.9 Å². The number of aliphatic hydroxyl groups is 3. The van der Waals surface area contributed by atoms with E-state index in [1.54, 1.807) is 13.8 Å². The van der Waals surface area contributed by atoms with Gasteiger partial charge in [-0.2, -0.15) is 0 Å². The zero-order valence-electron chi connectivity index (χ0n) is 48.7. The summed E-state index contributed by atoms with van der Waals surface area (Å²) in [5.41, 5.74) is 10.2. The molecule has 2 unspecified atom stereocenters. The number of carbonyl (C=O) groups is 12. The van der Waals surface area contributed by atoms with Crippen LogP contribution in [0.5, 0.6) is 5.75 Å². The Labute approximate surface area is 499 Å². The van der Waals surface area contributed by atoms with Crippen molar-refractivity contribution >= 4 is 93.3 Å². The molecule has 4 aliphatic heterocycles. The Morgan fingerprint density at radius 2 is 1.59 bits per heavy atom. The summed E-state index contributed by atoms with van der Waals surface area (Å²) >= 11 is -2.43. The van der Waals surface area contributed by atoms with Crippen LogP contribution in [-0.4, -0.2) is 205 Å². The number of unbranched alkanes of at least 4 members (excludes halogenated alkanes) is 5. The minimum atomic E-state index is -2.43. The van der Waals surface area contributed by atoms with Crippen molar-refractivity contribution < 1.29 is 82.1 Å². The average molecular weight is 1230 g/mol. The molecule has 474 valence electrons. The highest BCUT2D eigenvalue weighted by molar-refractivity contribution is 7.91. The number of aldehydes is 1. The van der Waals surface area contributed by atoms with E-state index in [2.05, 4.69) is 42.2 Å². The lowest BCUT2D eigenvalue weighted by atomic mass is 9.86. The zero-order valence-corrected chi connectivity index (χ0v) is 49.5. The molecule has 0 radical (unpaired) electrons. The van der Waals surface area contributed by atoms with Crippen LogP contribution in [0.15, 0.2) is 23.2 Å². The minimum Gasteiger partial charge on any atom is -0.610 e. The molecule has 29 nitrogen and oxygen atoms in total. The summed E-state index contributed by atoms with van der Waals surface area (Å²) in [5, 5.41) is 49.2. The van der Waals surface area contributed by atoms with Gasteiger partial charge in [-0.15, -0.1) is 0 Å². The van der Waals surface area contributed by atoms with E-state index < -0.39 is 169 Å². The lowest BCUT2D eigenvalue weighted by Crippen LogP contribution is -2.62. The van der Waals surface area contributed by atoms with Gasteiger partial charge in [0.15, 0.2) is 17.9 Å². The number of hydrogen-bond acceptors (Lipinski definition) is 18. The molecule has 4 bridgehead atoms. The maximum absolute atomic E-state index is 15.0. The SMILES string of the molecule is CC[C@H](C)[C@@H]1NC(=O)CNC(=O)[C@H](NC(=O)[C@@H](N)[C@@H](C)[C@@H](O)CO)Cc2c3[nH]c4cc(ccc24)OC(C=O)(CCCCCCNC(=O)CCCCCN2C(=O)CCC2=O)[C@@H]2C[C@@H](O)CN2C(=O)[C@H](CC(N)=O)NC(=O)[C@H](C[S+]3[O-])NC(=O)CNC1=O. The average Bonchev–Trinajstić information content (AvgIpc) is 1.69. The first-order valence-electron chi connectivity index (χ1n) is 29.2. The smallest absolute Gasteiger partial charge is 0.248 e. The van der Waals surface area contributed by atoms with Gasteiger partial charge in [0.2, 0.25) is 70.0 Å². The Morgan fingerprint density at radius 3 is 2.27 bits per heavy atom. The summed E-state index contributed by atoms with van der Waals surface area (Å²) in [6.07, 6.45) is 0.904. The van der Waals surface area contributed by atoms with Gasteiger partial charge in [0.25, 0.3) is 0 Å². The normalized spacial score (nSPS) is 25.9. The van der Waals surface area contributed by atoms with E-state index in [4.69, 9.17) is 16.2 Å². The molecular weight excluding hydrogens is 1140 g/mol. The van der Waals surface area contributed by atoms with Crippen molar-refractivity contribution in [3.63, 3.8) is 0 Å². The van der Waals surface area contributed by atoms with Crippen LogP contribution in [0, 0.1) is 11.8 Å². The Morgan fingerprint density at radius 1 is 0.919 bits per heavy atom. The van der Waals surface area contributed by atoms with Crippen molar-refractivity contribution in [1.82, 2.24) is 52.0 Å². The molecule has 0 spiro atoms. The maximum atomic E-state index is 15.0. The fourth-order valence-corrected chi connectivity index (χ4v) is 12.4. The third kappa shape index (κ3) is 17.7. The standard InChI is InChI=1S/C56H82N12O17S/c1-4-30(2)49-53(82)61-24-44(75)62-39-28-86(84)54-35(22-37(50(79)60-25-45(76)66-49)63-52(81)48(58)31(3)40(72)27-69)34-14-13-33(21-36(34)65-54)85-56(29-70,41-20-32(71)26-68(41)55(83)38(23-42(57)73)64-51(39)80)17-9-5-6-10-18-59-43(74)12-8-7-11-19-67-46(77)15-16-47(67)78/h13-14,21,29-32,37-41,48-49,65,69,71-72H,4-12,15-20,22-28,58H2,1-3H3,(H2,57,73)(H,59,74)(H,60,79)(H,61,82)(H,62,75)(H,63,81)(H,64,80)(H,66,76)/t30-,31-,32+,37+,38-,39-,40-,41-,48-,49-,56?,86?/m0/s1. The number of H-pyrrole nitrogens is 1. The number of ether oxygens (including phenoxy) is 1. The van der Waals surface area contributed by atoms with Crippen LogP contribution < -0.4 is 53.4 Å². The third-order valence-electron chi connectivity index (χ3n) is 16.3. The van der Waals surface area contributed by atoms with E-state index >= 15 is 4.55 Å². The highest BCUT2D eigenvalue weighted by Crippen LogP contribution is 2.38. The van der Waals surface area contributed by atoms with Gasteiger partial charge >= 0.3 is 0 Å². The number of nitrogens with two attached hydrogens (primary N) is 2. The highest BCUT2D eigenvalue weighted by Gasteiger charge is 2.52. The summed E-state index contributed by atoms with van der Waals surface area (Å²) in [7, 11) is 0. The van der Waals surface area contributed by atoms with E-state index in [-0.39, 0.29) is 77.1 Å². The first-order valence-corrected chi connectivity index (χ1v) is 30.6. The number of hydrogen-bond donors (Lipinski definition) is 13. The topological polar surface area (TPSA) is 456 Å². The molecule has 11 amide bonds. The van der Waals surface area contributed by atoms with Crippen molar-refractivity contribution in [3.05, 3.63) is 23.8 Å².